The van der Waals surface area contributed by atoms with Gasteiger partial charge in [0.2, 0.25) is 5.91 Å². The van der Waals surface area contributed by atoms with Crippen LogP contribution in [0.15, 0.2) is 24.3 Å². The van der Waals surface area contributed by atoms with E-state index < -0.39 is 61.3 Å². The second-order valence-corrected chi connectivity index (χ2v) is 7.83. The number of aliphatic hydroxyl groups is 4. The van der Waals surface area contributed by atoms with Gasteiger partial charge in [-0.2, -0.15) is 0 Å². The van der Waals surface area contributed by atoms with Crippen LogP contribution in [0.4, 0.5) is 0 Å². The second-order valence-electron chi connectivity index (χ2n) is 7.83. The number of rotatable bonds is 6. The van der Waals surface area contributed by atoms with Crippen molar-refractivity contribution >= 4 is 11.9 Å². The summed E-state index contributed by atoms with van der Waals surface area (Å²) in [6.45, 7) is -0.132. The number of phenols is 1. The summed E-state index contributed by atoms with van der Waals surface area (Å²) < 4.78 is 10.2. The number of phenolic OH excluding ortho intramolecular Hbond substituents is 1. The van der Waals surface area contributed by atoms with Crippen LogP contribution in [-0.4, -0.2) is 98.3 Å². The van der Waals surface area contributed by atoms with Gasteiger partial charge in [0.05, 0.1) is 6.04 Å². The van der Waals surface area contributed by atoms with Crippen LogP contribution in [0.2, 0.25) is 0 Å². The Balaban J connectivity index is 1.55. The van der Waals surface area contributed by atoms with Gasteiger partial charge in [0.1, 0.15) is 42.8 Å². The number of ether oxygens (including phenoxy) is 2. The third-order valence-corrected chi connectivity index (χ3v) is 5.59. The number of benzene rings is 1. The van der Waals surface area contributed by atoms with Gasteiger partial charge in [0.15, 0.2) is 6.29 Å². The molecule has 0 aliphatic carbocycles. The third kappa shape index (κ3) is 5.32. The first-order valence-corrected chi connectivity index (χ1v) is 10.1. The molecule has 0 spiro atoms. The Hall–Kier alpha value is -2.28. The van der Waals surface area contributed by atoms with Crippen molar-refractivity contribution in [2.24, 2.45) is 5.73 Å². The Kier molecular flexibility index (Phi) is 7.46. The SMILES string of the molecule is N[C@@H](Cc1ccc(O)cc1)C(=O)N1CCC[C@H]1C(=O)OC[C@H]1O[C@@H](O)[C@H](O)[C@@H](O)[C@@H]1O. The molecule has 2 heterocycles. The van der Waals surface area contributed by atoms with Crippen molar-refractivity contribution in [1.82, 2.24) is 4.90 Å². The lowest BCUT2D eigenvalue weighted by Gasteiger charge is -2.38. The first-order valence-electron chi connectivity index (χ1n) is 10.1. The highest BCUT2D eigenvalue weighted by molar-refractivity contribution is 5.88. The fourth-order valence-electron chi connectivity index (χ4n) is 3.79. The molecule has 31 heavy (non-hydrogen) atoms. The number of aromatic hydroxyl groups is 1. The molecule has 1 aromatic rings. The standard InChI is InChI=1S/C20H28N2O9/c21-12(8-10-3-5-11(23)6-4-10)18(27)22-7-1-2-13(22)19(28)30-9-14-15(24)16(25)17(26)20(29)31-14/h3-6,12-17,20,23-26,29H,1-2,7-9,21H2/t12-,13-,14+,15+,16-,17+,20+/m0/s1. The van der Waals surface area contributed by atoms with Gasteiger partial charge in [-0.05, 0) is 37.0 Å². The van der Waals surface area contributed by atoms with Gasteiger partial charge in [0, 0.05) is 6.54 Å². The smallest absolute Gasteiger partial charge is 0.328 e. The van der Waals surface area contributed by atoms with E-state index in [1.54, 1.807) is 12.1 Å². The molecule has 0 unspecified atom stereocenters. The topological polar surface area (TPSA) is 183 Å². The van der Waals surface area contributed by atoms with Crippen molar-refractivity contribution in [1.29, 1.82) is 0 Å². The van der Waals surface area contributed by atoms with E-state index in [2.05, 4.69) is 0 Å². The molecule has 7 atom stereocenters. The lowest BCUT2D eigenvalue weighted by Crippen LogP contribution is -2.59. The third-order valence-electron chi connectivity index (χ3n) is 5.59. The Morgan fingerprint density at radius 1 is 1.13 bits per heavy atom. The zero-order valence-electron chi connectivity index (χ0n) is 16.8. The van der Waals surface area contributed by atoms with E-state index in [1.807, 2.05) is 0 Å². The van der Waals surface area contributed by atoms with Crippen LogP contribution in [0, 0.1) is 0 Å². The molecule has 2 aliphatic rings. The first kappa shape index (κ1) is 23.4. The van der Waals surface area contributed by atoms with Crippen molar-refractivity contribution < 1.29 is 44.6 Å². The average molecular weight is 440 g/mol. The van der Waals surface area contributed by atoms with Gasteiger partial charge in [0.25, 0.3) is 0 Å². The van der Waals surface area contributed by atoms with Gasteiger partial charge in [-0.1, -0.05) is 12.1 Å². The van der Waals surface area contributed by atoms with Gasteiger partial charge >= 0.3 is 5.97 Å². The van der Waals surface area contributed by atoms with E-state index in [4.69, 9.17) is 15.2 Å². The average Bonchev–Trinajstić information content (AvgIpc) is 3.24. The van der Waals surface area contributed by atoms with Gasteiger partial charge in [-0.15, -0.1) is 0 Å². The first-order chi connectivity index (χ1) is 14.7. The number of hydrogen-bond acceptors (Lipinski definition) is 10. The fourth-order valence-corrected chi connectivity index (χ4v) is 3.79. The molecule has 1 amide bonds. The number of carbonyl (C=O) groups is 2. The monoisotopic (exact) mass is 440 g/mol. The number of amides is 1. The zero-order chi connectivity index (χ0) is 22.7. The summed E-state index contributed by atoms with van der Waals surface area (Å²) in [7, 11) is 0. The van der Waals surface area contributed by atoms with Crippen molar-refractivity contribution in [3.05, 3.63) is 29.8 Å². The van der Waals surface area contributed by atoms with E-state index in [0.29, 0.717) is 19.4 Å². The van der Waals surface area contributed by atoms with Crippen LogP contribution >= 0.6 is 0 Å². The van der Waals surface area contributed by atoms with E-state index in [9.17, 15) is 35.1 Å². The molecule has 11 heteroatoms. The minimum Gasteiger partial charge on any atom is -0.508 e. The van der Waals surface area contributed by atoms with Crippen LogP contribution in [0.5, 0.6) is 5.75 Å². The largest absolute Gasteiger partial charge is 0.508 e. The summed E-state index contributed by atoms with van der Waals surface area (Å²) in [6, 6.07) is 4.59. The maximum absolute atomic E-state index is 12.8. The quantitative estimate of drug-likeness (QED) is 0.261. The molecule has 0 aromatic heterocycles. The zero-order valence-corrected chi connectivity index (χ0v) is 16.8. The molecule has 2 saturated heterocycles. The van der Waals surface area contributed by atoms with Crippen LogP contribution in [-0.2, 0) is 25.5 Å². The molecule has 0 radical (unpaired) electrons. The molecule has 7 N–H and O–H groups in total. The van der Waals surface area contributed by atoms with E-state index >= 15 is 0 Å². The minimum absolute atomic E-state index is 0.104. The number of aliphatic hydroxyl groups excluding tert-OH is 4. The number of nitrogens with zero attached hydrogens (tertiary/aromatic N) is 1. The van der Waals surface area contributed by atoms with E-state index in [-0.39, 0.29) is 12.2 Å². The Morgan fingerprint density at radius 2 is 1.81 bits per heavy atom. The molecule has 0 saturated carbocycles. The Bertz CT molecular complexity index is 774. The summed E-state index contributed by atoms with van der Waals surface area (Å²) in [5, 5.41) is 48.1. The normalized spacial score (nSPS) is 32.0. The van der Waals surface area contributed by atoms with Crippen molar-refractivity contribution in [3.63, 3.8) is 0 Å². The van der Waals surface area contributed by atoms with Crippen LogP contribution in [0.1, 0.15) is 18.4 Å². The lowest BCUT2D eigenvalue weighted by atomic mass is 9.99. The second kappa shape index (κ2) is 9.90. The summed E-state index contributed by atoms with van der Waals surface area (Å²) >= 11 is 0. The molecule has 2 fully saturated rings. The number of carbonyl (C=O) groups excluding carboxylic acids is 2. The molecular formula is C20H28N2O9. The van der Waals surface area contributed by atoms with Crippen LogP contribution in [0.3, 0.4) is 0 Å². The Morgan fingerprint density at radius 3 is 2.48 bits per heavy atom. The number of hydrogen-bond donors (Lipinski definition) is 6. The molecule has 3 rings (SSSR count). The predicted octanol–water partition coefficient (Wildman–Crippen LogP) is -2.40. The van der Waals surface area contributed by atoms with Gasteiger partial charge in [-0.3, -0.25) is 4.79 Å². The number of nitrogens with two attached hydrogens (primary N) is 1. The Labute approximate surface area is 178 Å². The van der Waals surface area contributed by atoms with Crippen molar-refractivity contribution in [2.45, 2.75) is 62.1 Å². The lowest BCUT2D eigenvalue weighted by molar-refractivity contribution is -0.287. The van der Waals surface area contributed by atoms with E-state index in [0.717, 1.165) is 5.56 Å². The maximum atomic E-state index is 12.8. The molecular weight excluding hydrogens is 412 g/mol. The van der Waals surface area contributed by atoms with Crippen molar-refractivity contribution in [3.8, 4) is 5.75 Å². The number of esters is 1. The van der Waals surface area contributed by atoms with Crippen LogP contribution < -0.4 is 5.73 Å². The summed E-state index contributed by atoms with van der Waals surface area (Å²) in [6.07, 6.45) is -6.67. The molecule has 1 aromatic carbocycles. The highest BCUT2D eigenvalue weighted by Crippen LogP contribution is 2.23. The van der Waals surface area contributed by atoms with Crippen molar-refractivity contribution in [2.75, 3.05) is 13.2 Å². The highest BCUT2D eigenvalue weighted by Gasteiger charge is 2.44. The molecule has 2 aliphatic heterocycles. The maximum Gasteiger partial charge on any atom is 0.328 e. The summed E-state index contributed by atoms with van der Waals surface area (Å²) in [5.41, 5.74) is 6.81. The summed E-state index contributed by atoms with van der Waals surface area (Å²) in [4.78, 5) is 26.7. The van der Waals surface area contributed by atoms with Gasteiger partial charge in [-0.25, -0.2) is 4.79 Å². The van der Waals surface area contributed by atoms with Gasteiger partial charge < -0.3 is 45.6 Å². The molecule has 0 bridgehead atoms. The molecule has 11 nitrogen and oxygen atoms in total. The summed E-state index contributed by atoms with van der Waals surface area (Å²) in [5.74, 6) is -1.02. The van der Waals surface area contributed by atoms with E-state index in [1.165, 1.54) is 17.0 Å². The minimum atomic E-state index is -1.73. The molecule has 172 valence electrons. The predicted molar refractivity (Wildman–Crippen MR) is 104 cm³/mol. The van der Waals surface area contributed by atoms with Crippen LogP contribution in [0.25, 0.3) is 0 Å². The number of likely N-dealkylation sites (tertiary alicyclic amines) is 1. The highest BCUT2D eigenvalue weighted by atomic mass is 16.6. The fraction of sp³-hybridized carbons (Fsp3) is 0.600.